The fraction of sp³-hybridized carbons (Fsp3) is 0.200. The van der Waals surface area contributed by atoms with Crippen molar-refractivity contribution in [1.29, 1.82) is 0 Å². The summed E-state index contributed by atoms with van der Waals surface area (Å²) < 4.78 is 11.5. The summed E-state index contributed by atoms with van der Waals surface area (Å²) >= 11 is 19.4. The number of rotatable bonds is 4. The molecular weight excluding hydrogens is 443 g/mol. The van der Waals surface area contributed by atoms with Crippen LogP contribution in [0.25, 0.3) is 0 Å². The second-order valence-corrected chi connectivity index (χ2v) is 6.94. The van der Waals surface area contributed by atoms with Gasteiger partial charge < -0.3 is 9.47 Å². The molecule has 0 aliphatic rings. The molecule has 21 heavy (non-hydrogen) atoms. The predicted octanol–water partition coefficient (Wildman–Crippen LogP) is 6.26. The number of methoxy groups -OCH3 is 2. The van der Waals surface area contributed by atoms with Crippen LogP contribution in [-0.4, -0.2) is 14.2 Å². The highest BCUT2D eigenvalue weighted by atomic mass is 79.9. The standard InChI is InChI=1S/C15H12Br2Cl2O2/c1-20-13-6-11(12(16)7-14(13)21-2)15(17)8-3-9(18)5-10(19)4-8/h3-7,15H,1-2H3. The number of ether oxygens (including phenoxy) is 2. The molecule has 0 aliphatic carbocycles. The maximum absolute atomic E-state index is 6.07. The van der Waals surface area contributed by atoms with Crippen LogP contribution in [0.3, 0.4) is 0 Å². The molecule has 0 radical (unpaired) electrons. The molecule has 1 atom stereocenters. The smallest absolute Gasteiger partial charge is 0.161 e. The van der Waals surface area contributed by atoms with E-state index >= 15 is 0 Å². The Hall–Kier alpha value is -0.420. The maximum Gasteiger partial charge on any atom is 0.161 e. The average molecular weight is 455 g/mol. The van der Waals surface area contributed by atoms with Crippen LogP contribution in [0.5, 0.6) is 11.5 Å². The molecule has 2 aromatic carbocycles. The minimum atomic E-state index is -0.0807. The van der Waals surface area contributed by atoms with Crippen molar-refractivity contribution >= 4 is 55.1 Å². The Morgan fingerprint density at radius 3 is 1.95 bits per heavy atom. The van der Waals surface area contributed by atoms with E-state index in [1.165, 1.54) is 0 Å². The normalized spacial score (nSPS) is 12.1. The third-order valence-corrected chi connectivity index (χ3v) is 5.10. The largest absolute Gasteiger partial charge is 0.493 e. The molecule has 0 fully saturated rings. The summed E-state index contributed by atoms with van der Waals surface area (Å²) in [5, 5.41) is 1.19. The molecule has 0 spiro atoms. The molecule has 0 heterocycles. The molecule has 112 valence electrons. The fourth-order valence-electron chi connectivity index (χ4n) is 1.97. The molecule has 2 nitrogen and oxygen atoms in total. The van der Waals surface area contributed by atoms with Gasteiger partial charge in [-0.3, -0.25) is 0 Å². The summed E-state index contributed by atoms with van der Waals surface area (Å²) in [7, 11) is 3.21. The number of hydrogen-bond donors (Lipinski definition) is 0. The lowest BCUT2D eigenvalue weighted by atomic mass is 10.0. The molecule has 6 heteroatoms. The topological polar surface area (TPSA) is 18.5 Å². The Morgan fingerprint density at radius 2 is 1.43 bits per heavy atom. The van der Waals surface area contributed by atoms with Gasteiger partial charge in [-0.2, -0.15) is 0 Å². The minimum Gasteiger partial charge on any atom is -0.493 e. The number of alkyl halides is 1. The molecule has 1 unspecified atom stereocenters. The van der Waals surface area contributed by atoms with E-state index in [1.807, 2.05) is 24.3 Å². The van der Waals surface area contributed by atoms with Gasteiger partial charge >= 0.3 is 0 Å². The summed E-state index contributed by atoms with van der Waals surface area (Å²) in [6.45, 7) is 0. The SMILES string of the molecule is COc1cc(Br)c(C(Br)c2cc(Cl)cc(Cl)c2)cc1OC. The summed E-state index contributed by atoms with van der Waals surface area (Å²) in [6.07, 6.45) is 0. The first-order valence-corrected chi connectivity index (χ1v) is 8.44. The van der Waals surface area contributed by atoms with Gasteiger partial charge in [0.05, 0.1) is 19.0 Å². The molecule has 0 aromatic heterocycles. The van der Waals surface area contributed by atoms with Gasteiger partial charge in [-0.25, -0.2) is 0 Å². The van der Waals surface area contributed by atoms with Crippen molar-refractivity contribution in [3.05, 3.63) is 56.0 Å². The van der Waals surface area contributed by atoms with Gasteiger partial charge in [0.1, 0.15) is 0 Å². The zero-order valence-electron chi connectivity index (χ0n) is 11.3. The number of benzene rings is 2. The third kappa shape index (κ3) is 3.86. The van der Waals surface area contributed by atoms with E-state index in [0.29, 0.717) is 21.5 Å². The summed E-state index contributed by atoms with van der Waals surface area (Å²) in [5.41, 5.74) is 1.95. The summed E-state index contributed by atoms with van der Waals surface area (Å²) in [6, 6.07) is 9.23. The van der Waals surface area contributed by atoms with Crippen molar-refractivity contribution in [1.82, 2.24) is 0 Å². The van der Waals surface area contributed by atoms with Crippen molar-refractivity contribution in [2.45, 2.75) is 4.83 Å². The molecule has 0 bridgehead atoms. The predicted molar refractivity (Wildman–Crippen MR) is 94.5 cm³/mol. The van der Waals surface area contributed by atoms with E-state index in [9.17, 15) is 0 Å². The van der Waals surface area contributed by atoms with Crippen LogP contribution in [0.2, 0.25) is 10.0 Å². The second kappa shape index (κ2) is 7.23. The molecule has 0 amide bonds. The van der Waals surface area contributed by atoms with Crippen molar-refractivity contribution in [2.75, 3.05) is 14.2 Å². The quantitative estimate of drug-likeness (QED) is 0.508. The van der Waals surface area contributed by atoms with Crippen LogP contribution < -0.4 is 9.47 Å². The van der Waals surface area contributed by atoms with Crippen LogP contribution >= 0.6 is 55.1 Å². The first-order valence-electron chi connectivity index (χ1n) is 5.97. The molecule has 2 rings (SSSR count). The fourth-order valence-corrected chi connectivity index (χ4v) is 4.01. The van der Waals surface area contributed by atoms with Gasteiger partial charge in [-0.15, -0.1) is 0 Å². The molecule has 0 saturated carbocycles. The van der Waals surface area contributed by atoms with Gasteiger partial charge in [-0.05, 0) is 41.5 Å². The Morgan fingerprint density at radius 1 is 0.905 bits per heavy atom. The zero-order valence-corrected chi connectivity index (χ0v) is 16.0. The first-order chi connectivity index (χ1) is 9.96. The van der Waals surface area contributed by atoms with Gasteiger partial charge in [0.25, 0.3) is 0 Å². The molecule has 0 saturated heterocycles. The summed E-state index contributed by atoms with van der Waals surface area (Å²) in [5.74, 6) is 1.32. The molecule has 0 N–H and O–H groups in total. The summed E-state index contributed by atoms with van der Waals surface area (Å²) in [4.78, 5) is -0.0807. The van der Waals surface area contributed by atoms with E-state index in [4.69, 9.17) is 32.7 Å². The highest BCUT2D eigenvalue weighted by molar-refractivity contribution is 9.11. The van der Waals surface area contributed by atoms with Crippen molar-refractivity contribution < 1.29 is 9.47 Å². The maximum atomic E-state index is 6.07. The first kappa shape index (κ1) is 16.9. The van der Waals surface area contributed by atoms with E-state index < -0.39 is 0 Å². The van der Waals surface area contributed by atoms with E-state index in [0.717, 1.165) is 15.6 Å². The molecular formula is C15H12Br2Cl2O2. The van der Waals surface area contributed by atoms with Crippen molar-refractivity contribution in [3.8, 4) is 11.5 Å². The highest BCUT2D eigenvalue weighted by Crippen LogP contribution is 2.42. The molecule has 2 aromatic rings. The number of halogens is 4. The molecule has 0 aliphatic heterocycles. The lowest BCUT2D eigenvalue weighted by molar-refractivity contribution is 0.354. The Bertz CT molecular complexity index is 642. The van der Waals surface area contributed by atoms with Crippen molar-refractivity contribution in [2.24, 2.45) is 0 Å². The van der Waals surface area contributed by atoms with Gasteiger partial charge in [0.15, 0.2) is 11.5 Å². The van der Waals surface area contributed by atoms with Crippen LogP contribution in [0, 0.1) is 0 Å². The third-order valence-electron chi connectivity index (χ3n) is 2.95. The monoisotopic (exact) mass is 452 g/mol. The Labute approximate surface area is 150 Å². The van der Waals surface area contributed by atoms with Gasteiger partial charge in [-0.1, -0.05) is 55.1 Å². The highest BCUT2D eigenvalue weighted by Gasteiger charge is 2.18. The number of hydrogen-bond acceptors (Lipinski definition) is 2. The minimum absolute atomic E-state index is 0.0807. The lowest BCUT2D eigenvalue weighted by Gasteiger charge is -2.17. The van der Waals surface area contributed by atoms with Crippen LogP contribution in [0.4, 0.5) is 0 Å². The van der Waals surface area contributed by atoms with Crippen molar-refractivity contribution in [3.63, 3.8) is 0 Å². The van der Waals surface area contributed by atoms with E-state index in [2.05, 4.69) is 31.9 Å². The van der Waals surface area contributed by atoms with Crippen LogP contribution in [0.15, 0.2) is 34.8 Å². The van der Waals surface area contributed by atoms with E-state index in [-0.39, 0.29) is 4.83 Å². The van der Waals surface area contributed by atoms with Gasteiger partial charge in [0.2, 0.25) is 0 Å². The zero-order chi connectivity index (χ0) is 15.6. The average Bonchev–Trinajstić information content (AvgIpc) is 2.45. The second-order valence-electron chi connectivity index (χ2n) is 4.29. The van der Waals surface area contributed by atoms with Gasteiger partial charge in [0, 0.05) is 14.5 Å². The Kier molecular flexibility index (Phi) is 5.83. The lowest BCUT2D eigenvalue weighted by Crippen LogP contribution is -1.98. The van der Waals surface area contributed by atoms with E-state index in [1.54, 1.807) is 20.3 Å². The van der Waals surface area contributed by atoms with Crippen LogP contribution in [-0.2, 0) is 0 Å². The Balaban J connectivity index is 2.49. The van der Waals surface area contributed by atoms with Crippen LogP contribution in [0.1, 0.15) is 16.0 Å².